The van der Waals surface area contributed by atoms with Gasteiger partial charge in [0.15, 0.2) is 0 Å². The van der Waals surface area contributed by atoms with E-state index in [4.69, 9.17) is 4.74 Å². The zero-order valence-electron chi connectivity index (χ0n) is 17.4. The van der Waals surface area contributed by atoms with Crippen LogP contribution >= 0.6 is 11.8 Å². The van der Waals surface area contributed by atoms with Gasteiger partial charge in [-0.25, -0.2) is 0 Å². The monoisotopic (exact) mass is 414 g/mol. The Morgan fingerprint density at radius 3 is 2.34 bits per heavy atom. The van der Waals surface area contributed by atoms with Gasteiger partial charge in [0, 0.05) is 19.3 Å². The van der Waals surface area contributed by atoms with E-state index < -0.39 is 6.04 Å². The maximum atomic E-state index is 13.0. The number of carbonyl (C=O) groups excluding carboxylic acids is 2. The molecule has 0 aliphatic carbocycles. The molecular weight excluding hydrogens is 384 g/mol. The molecule has 0 heterocycles. The maximum absolute atomic E-state index is 13.0. The van der Waals surface area contributed by atoms with Crippen LogP contribution in [0.4, 0.5) is 0 Å². The summed E-state index contributed by atoms with van der Waals surface area (Å²) in [7, 11) is 3.26. The van der Waals surface area contributed by atoms with Crippen molar-refractivity contribution in [3.05, 3.63) is 65.7 Å². The largest absolute Gasteiger partial charge is 0.497 e. The Morgan fingerprint density at radius 1 is 1.07 bits per heavy atom. The molecule has 6 heteroatoms. The molecular formula is C23H30N2O3S. The van der Waals surface area contributed by atoms with Gasteiger partial charge in [-0.1, -0.05) is 49.4 Å². The summed E-state index contributed by atoms with van der Waals surface area (Å²) in [5, 5.41) is 2.69. The summed E-state index contributed by atoms with van der Waals surface area (Å²) in [6.07, 6.45) is 1.31. The quantitative estimate of drug-likeness (QED) is 0.611. The zero-order chi connectivity index (χ0) is 21.1. The Bertz CT molecular complexity index is 765. The van der Waals surface area contributed by atoms with Gasteiger partial charge in [-0.3, -0.25) is 9.59 Å². The van der Waals surface area contributed by atoms with Crippen molar-refractivity contribution >= 4 is 23.6 Å². The van der Waals surface area contributed by atoms with Crippen molar-refractivity contribution < 1.29 is 14.3 Å². The highest BCUT2D eigenvalue weighted by Gasteiger charge is 2.27. The first-order valence-electron chi connectivity index (χ1n) is 9.84. The number of carbonyl (C=O) groups is 2. The van der Waals surface area contributed by atoms with Gasteiger partial charge in [0.25, 0.3) is 0 Å². The predicted molar refractivity (Wildman–Crippen MR) is 119 cm³/mol. The molecule has 2 rings (SSSR count). The second kappa shape index (κ2) is 12.2. The molecule has 0 aromatic heterocycles. The fraction of sp³-hybridized carbons (Fsp3) is 0.391. The average Bonchev–Trinajstić information content (AvgIpc) is 2.77. The lowest BCUT2D eigenvalue weighted by Gasteiger charge is -2.30. The molecule has 0 saturated heterocycles. The molecule has 156 valence electrons. The Balaban J connectivity index is 1.99. The molecule has 29 heavy (non-hydrogen) atoms. The number of methoxy groups -OCH3 is 1. The van der Waals surface area contributed by atoms with Gasteiger partial charge in [-0.05, 0) is 36.1 Å². The molecule has 0 spiro atoms. The minimum Gasteiger partial charge on any atom is -0.497 e. The van der Waals surface area contributed by atoms with Crippen LogP contribution in [0.5, 0.6) is 5.75 Å². The zero-order valence-corrected chi connectivity index (χ0v) is 18.2. The molecule has 2 amide bonds. The van der Waals surface area contributed by atoms with E-state index in [2.05, 4.69) is 5.32 Å². The van der Waals surface area contributed by atoms with Crippen molar-refractivity contribution in [1.29, 1.82) is 0 Å². The summed E-state index contributed by atoms with van der Waals surface area (Å²) >= 11 is 1.56. The number of thioether (sulfide) groups is 1. The van der Waals surface area contributed by atoms with E-state index in [0.717, 1.165) is 29.1 Å². The number of likely N-dealkylation sites (N-methyl/N-ethyl adjacent to an activating group) is 1. The molecule has 0 aliphatic rings. The molecule has 0 aliphatic heterocycles. The van der Waals surface area contributed by atoms with E-state index in [9.17, 15) is 9.59 Å². The summed E-state index contributed by atoms with van der Waals surface area (Å²) in [5.41, 5.74) is 2.29. The number of nitrogens with one attached hydrogen (secondary N) is 1. The topological polar surface area (TPSA) is 58.6 Å². The van der Waals surface area contributed by atoms with Crippen LogP contribution in [0.3, 0.4) is 0 Å². The molecule has 0 saturated carbocycles. The smallest absolute Gasteiger partial charge is 0.242 e. The second-order valence-electron chi connectivity index (χ2n) is 6.70. The standard InChI is InChI=1S/C23H30N2O3S/c1-4-21(23(27)24-2)25(15-14-18-8-6-5-7-9-18)22(26)17-29-16-19-10-12-20(28-3)13-11-19/h5-13,21H,4,14-17H2,1-3H3,(H,24,27)/t21-/m0/s1. The van der Waals surface area contributed by atoms with Crippen LogP contribution in [0, 0.1) is 0 Å². The third kappa shape index (κ3) is 7.13. The molecule has 1 N–H and O–H groups in total. The molecule has 0 radical (unpaired) electrons. The first-order valence-corrected chi connectivity index (χ1v) is 11.0. The number of nitrogens with zero attached hydrogens (tertiary/aromatic N) is 1. The maximum Gasteiger partial charge on any atom is 0.242 e. The van der Waals surface area contributed by atoms with Gasteiger partial charge in [0.1, 0.15) is 11.8 Å². The van der Waals surface area contributed by atoms with Crippen LogP contribution in [-0.4, -0.2) is 49.2 Å². The summed E-state index contributed by atoms with van der Waals surface area (Å²) in [4.78, 5) is 27.0. The van der Waals surface area contributed by atoms with Crippen LogP contribution in [-0.2, 0) is 21.8 Å². The van der Waals surface area contributed by atoms with Crippen LogP contribution in [0.25, 0.3) is 0 Å². The van der Waals surface area contributed by atoms with E-state index in [1.165, 1.54) is 0 Å². The molecule has 2 aromatic rings. The van der Waals surface area contributed by atoms with E-state index in [-0.39, 0.29) is 11.8 Å². The highest BCUT2D eigenvalue weighted by molar-refractivity contribution is 7.99. The van der Waals surface area contributed by atoms with Gasteiger partial charge in [-0.15, -0.1) is 11.8 Å². The highest BCUT2D eigenvalue weighted by Crippen LogP contribution is 2.18. The number of benzene rings is 2. The van der Waals surface area contributed by atoms with Crippen LogP contribution in [0.2, 0.25) is 0 Å². The van der Waals surface area contributed by atoms with Gasteiger partial charge >= 0.3 is 0 Å². The lowest BCUT2D eigenvalue weighted by Crippen LogP contribution is -2.50. The summed E-state index contributed by atoms with van der Waals surface area (Å²) in [6.45, 7) is 2.46. The SMILES string of the molecule is CC[C@@H](C(=O)NC)N(CCc1ccccc1)C(=O)CSCc1ccc(OC)cc1. The molecule has 5 nitrogen and oxygen atoms in total. The van der Waals surface area contributed by atoms with Crippen molar-refractivity contribution in [3.63, 3.8) is 0 Å². The number of hydrogen-bond acceptors (Lipinski definition) is 4. The highest BCUT2D eigenvalue weighted by atomic mass is 32.2. The van der Waals surface area contributed by atoms with Gasteiger partial charge in [0.05, 0.1) is 12.9 Å². The minimum atomic E-state index is -0.446. The van der Waals surface area contributed by atoms with Crippen molar-refractivity contribution in [2.45, 2.75) is 31.6 Å². The fourth-order valence-corrected chi connectivity index (χ4v) is 3.99. The Hall–Kier alpha value is -2.47. The van der Waals surface area contributed by atoms with Gasteiger partial charge in [-0.2, -0.15) is 0 Å². The van der Waals surface area contributed by atoms with Gasteiger partial charge < -0.3 is 15.0 Å². The van der Waals surface area contributed by atoms with Crippen molar-refractivity contribution in [2.75, 3.05) is 26.5 Å². The van der Waals surface area contributed by atoms with Crippen LogP contribution < -0.4 is 10.1 Å². The van der Waals surface area contributed by atoms with E-state index in [1.807, 2.05) is 61.5 Å². The second-order valence-corrected chi connectivity index (χ2v) is 7.69. The van der Waals surface area contributed by atoms with E-state index >= 15 is 0 Å². The lowest BCUT2D eigenvalue weighted by atomic mass is 10.1. The number of ether oxygens (including phenoxy) is 1. The molecule has 0 unspecified atom stereocenters. The normalized spacial score (nSPS) is 11.6. The first-order chi connectivity index (χ1) is 14.1. The Kier molecular flexibility index (Phi) is 9.57. The van der Waals surface area contributed by atoms with E-state index in [1.54, 1.807) is 30.8 Å². The summed E-state index contributed by atoms with van der Waals surface area (Å²) in [6, 6.07) is 17.4. The third-order valence-electron chi connectivity index (χ3n) is 4.77. The summed E-state index contributed by atoms with van der Waals surface area (Å²) in [5.74, 6) is 1.77. The average molecular weight is 415 g/mol. The van der Waals surface area contributed by atoms with Crippen molar-refractivity contribution in [1.82, 2.24) is 10.2 Å². The van der Waals surface area contributed by atoms with Crippen LogP contribution in [0.1, 0.15) is 24.5 Å². The number of rotatable bonds is 11. The molecule has 2 aromatic carbocycles. The van der Waals surface area contributed by atoms with E-state index in [0.29, 0.717) is 18.7 Å². The molecule has 0 fully saturated rings. The number of hydrogen-bond donors (Lipinski definition) is 1. The fourth-order valence-electron chi connectivity index (χ4n) is 3.12. The van der Waals surface area contributed by atoms with Crippen LogP contribution in [0.15, 0.2) is 54.6 Å². The molecule has 1 atom stereocenters. The summed E-state index contributed by atoms with van der Waals surface area (Å²) < 4.78 is 5.17. The minimum absolute atomic E-state index is 0.00473. The predicted octanol–water partition coefficient (Wildman–Crippen LogP) is 3.52. The molecule has 0 bridgehead atoms. The lowest BCUT2D eigenvalue weighted by molar-refractivity contribution is -0.138. The number of amides is 2. The Labute approximate surface area is 177 Å². The Morgan fingerprint density at radius 2 is 1.76 bits per heavy atom. The van der Waals surface area contributed by atoms with Crippen molar-refractivity contribution in [2.24, 2.45) is 0 Å². The third-order valence-corrected chi connectivity index (χ3v) is 5.76. The van der Waals surface area contributed by atoms with Gasteiger partial charge in [0.2, 0.25) is 11.8 Å². The van der Waals surface area contributed by atoms with Crippen molar-refractivity contribution in [3.8, 4) is 5.75 Å². The first kappa shape index (κ1) is 22.8.